The number of nitrogens with two attached hydrogens (primary N) is 1. The molecule has 1 aromatic carbocycles. The summed E-state index contributed by atoms with van der Waals surface area (Å²) in [4.78, 5) is 0. The normalized spacial score (nSPS) is 27.8. The molecule has 0 saturated heterocycles. The van der Waals surface area contributed by atoms with Crippen LogP contribution < -0.4 is 5.73 Å². The second-order valence-electron chi connectivity index (χ2n) is 6.60. The molecule has 2 atom stereocenters. The summed E-state index contributed by atoms with van der Waals surface area (Å²) in [5.74, 6) is 0. The molecule has 0 radical (unpaired) electrons. The van der Waals surface area contributed by atoms with Crippen LogP contribution in [0.4, 0.5) is 0 Å². The topological polar surface area (TPSA) is 55.5 Å². The van der Waals surface area contributed by atoms with E-state index >= 15 is 0 Å². The molecule has 0 aliphatic heterocycles. The molecule has 19 heavy (non-hydrogen) atoms. The zero-order valence-corrected chi connectivity index (χ0v) is 12.1. The Hall–Kier alpha value is -0.900. The van der Waals surface area contributed by atoms with Gasteiger partial charge in [-0.25, -0.2) is 0 Å². The van der Waals surface area contributed by atoms with Crippen molar-refractivity contribution in [2.75, 3.05) is 13.2 Å². The van der Waals surface area contributed by atoms with Crippen molar-refractivity contribution in [3.05, 3.63) is 35.9 Å². The van der Waals surface area contributed by atoms with Gasteiger partial charge in [0.05, 0.1) is 18.8 Å². The summed E-state index contributed by atoms with van der Waals surface area (Å²) in [6.07, 6.45) is 0.957. The maximum Gasteiger partial charge on any atom is 0.0925 e. The van der Waals surface area contributed by atoms with E-state index < -0.39 is 5.60 Å². The number of aliphatic hydroxyl groups is 1. The van der Waals surface area contributed by atoms with Gasteiger partial charge in [-0.05, 0) is 24.3 Å². The van der Waals surface area contributed by atoms with Gasteiger partial charge in [0.2, 0.25) is 0 Å². The van der Waals surface area contributed by atoms with Crippen molar-refractivity contribution in [2.24, 2.45) is 16.6 Å². The van der Waals surface area contributed by atoms with Gasteiger partial charge in [-0.1, -0.05) is 44.2 Å². The van der Waals surface area contributed by atoms with Crippen LogP contribution in [0.5, 0.6) is 0 Å². The first-order chi connectivity index (χ1) is 8.85. The average molecular weight is 263 g/mol. The monoisotopic (exact) mass is 263 g/mol. The van der Waals surface area contributed by atoms with E-state index in [2.05, 4.69) is 13.8 Å². The smallest absolute Gasteiger partial charge is 0.0925 e. The van der Waals surface area contributed by atoms with Crippen LogP contribution in [0.15, 0.2) is 30.3 Å². The molecule has 0 spiro atoms. The second-order valence-corrected chi connectivity index (χ2v) is 6.60. The number of ether oxygens (including phenoxy) is 1. The molecule has 3 N–H and O–H groups in total. The van der Waals surface area contributed by atoms with Gasteiger partial charge in [-0.15, -0.1) is 0 Å². The Labute approximate surface area is 115 Å². The molecule has 3 nitrogen and oxygen atoms in total. The van der Waals surface area contributed by atoms with Crippen molar-refractivity contribution in [1.82, 2.24) is 0 Å². The molecule has 0 bridgehead atoms. The third-order valence-electron chi connectivity index (χ3n) is 4.79. The Morgan fingerprint density at radius 3 is 2.37 bits per heavy atom. The lowest BCUT2D eigenvalue weighted by Gasteiger charge is -2.35. The Bertz CT molecular complexity index is 428. The number of hydrogen-bond donors (Lipinski definition) is 2. The highest BCUT2D eigenvalue weighted by atomic mass is 16.5. The summed E-state index contributed by atoms with van der Waals surface area (Å²) < 4.78 is 5.70. The van der Waals surface area contributed by atoms with Gasteiger partial charge < -0.3 is 15.6 Å². The number of hydrogen-bond acceptors (Lipinski definition) is 3. The summed E-state index contributed by atoms with van der Waals surface area (Å²) in [5.41, 5.74) is 6.03. The molecular formula is C16H25NO2. The van der Waals surface area contributed by atoms with Crippen molar-refractivity contribution in [1.29, 1.82) is 0 Å². The zero-order valence-electron chi connectivity index (χ0n) is 12.1. The predicted octanol–water partition coefficient (Wildman–Crippen LogP) is 2.33. The Balaban J connectivity index is 1.92. The molecule has 1 saturated carbocycles. The molecule has 0 aromatic heterocycles. The highest BCUT2D eigenvalue weighted by molar-refractivity contribution is 5.19. The molecule has 3 heteroatoms. The first-order valence-electron chi connectivity index (χ1n) is 6.89. The van der Waals surface area contributed by atoms with E-state index in [9.17, 15) is 5.11 Å². The summed E-state index contributed by atoms with van der Waals surface area (Å²) in [5, 5.41) is 10.7. The number of rotatable bonds is 6. The fraction of sp³-hybridized carbons (Fsp3) is 0.625. The SMILES string of the molecule is CC1(C)CC1(CN)C(C)(O)COCc1ccccc1. The molecule has 1 aliphatic carbocycles. The van der Waals surface area contributed by atoms with E-state index in [-0.39, 0.29) is 10.8 Å². The van der Waals surface area contributed by atoms with E-state index in [4.69, 9.17) is 10.5 Å². The quantitative estimate of drug-likeness (QED) is 0.828. The van der Waals surface area contributed by atoms with Crippen LogP contribution in [0.1, 0.15) is 32.8 Å². The van der Waals surface area contributed by atoms with Crippen molar-refractivity contribution in [2.45, 2.75) is 39.4 Å². The highest BCUT2D eigenvalue weighted by Gasteiger charge is 2.68. The summed E-state index contributed by atoms with van der Waals surface area (Å²) in [6, 6.07) is 10.0. The Morgan fingerprint density at radius 2 is 1.89 bits per heavy atom. The summed E-state index contributed by atoms with van der Waals surface area (Å²) in [7, 11) is 0. The van der Waals surface area contributed by atoms with Gasteiger partial charge in [0, 0.05) is 12.0 Å². The lowest BCUT2D eigenvalue weighted by Crippen LogP contribution is -2.47. The lowest BCUT2D eigenvalue weighted by molar-refractivity contribution is -0.0946. The van der Waals surface area contributed by atoms with Crippen molar-refractivity contribution in [3.8, 4) is 0 Å². The first kappa shape index (κ1) is 14.5. The molecule has 0 heterocycles. The van der Waals surface area contributed by atoms with Crippen LogP contribution >= 0.6 is 0 Å². The van der Waals surface area contributed by atoms with Crippen molar-refractivity contribution >= 4 is 0 Å². The average Bonchev–Trinajstić information content (AvgIpc) is 2.95. The van der Waals surface area contributed by atoms with E-state index in [1.54, 1.807) is 0 Å². The molecule has 1 aromatic rings. The van der Waals surface area contributed by atoms with Gasteiger partial charge in [-0.2, -0.15) is 0 Å². The maximum atomic E-state index is 10.7. The number of benzene rings is 1. The molecule has 1 aliphatic rings. The molecule has 2 unspecified atom stereocenters. The standard InChI is InChI=1S/C16H25NO2/c1-14(2)10-16(14,11-17)15(3,18)12-19-9-13-7-5-4-6-8-13/h4-8,18H,9-12,17H2,1-3H3. The van der Waals surface area contributed by atoms with Crippen LogP contribution in [-0.4, -0.2) is 23.9 Å². The van der Waals surface area contributed by atoms with E-state index in [1.165, 1.54) is 0 Å². The van der Waals surface area contributed by atoms with E-state index in [0.29, 0.717) is 19.8 Å². The van der Waals surface area contributed by atoms with Gasteiger partial charge in [0.1, 0.15) is 0 Å². The predicted molar refractivity (Wildman–Crippen MR) is 76.6 cm³/mol. The van der Waals surface area contributed by atoms with Crippen LogP contribution in [0.25, 0.3) is 0 Å². The van der Waals surface area contributed by atoms with E-state index in [0.717, 1.165) is 12.0 Å². The van der Waals surface area contributed by atoms with Crippen molar-refractivity contribution < 1.29 is 9.84 Å². The fourth-order valence-electron chi connectivity index (χ4n) is 3.28. The summed E-state index contributed by atoms with van der Waals surface area (Å²) in [6.45, 7) is 7.51. The Kier molecular flexibility index (Phi) is 3.74. The zero-order chi connectivity index (χ0) is 14.1. The molecule has 106 valence electrons. The lowest BCUT2D eigenvalue weighted by atomic mass is 9.80. The summed E-state index contributed by atoms with van der Waals surface area (Å²) >= 11 is 0. The van der Waals surface area contributed by atoms with Crippen LogP contribution in [0.3, 0.4) is 0 Å². The maximum absolute atomic E-state index is 10.7. The van der Waals surface area contributed by atoms with E-state index in [1.807, 2.05) is 37.3 Å². The second kappa shape index (κ2) is 4.89. The van der Waals surface area contributed by atoms with Crippen molar-refractivity contribution in [3.63, 3.8) is 0 Å². The van der Waals surface area contributed by atoms with Crippen LogP contribution in [-0.2, 0) is 11.3 Å². The Morgan fingerprint density at radius 1 is 1.32 bits per heavy atom. The minimum absolute atomic E-state index is 0.0986. The van der Waals surface area contributed by atoms with Gasteiger partial charge in [-0.3, -0.25) is 0 Å². The van der Waals surface area contributed by atoms with Gasteiger partial charge in [0.25, 0.3) is 0 Å². The minimum Gasteiger partial charge on any atom is -0.387 e. The molecule has 1 fully saturated rings. The largest absolute Gasteiger partial charge is 0.387 e. The third kappa shape index (κ3) is 2.55. The minimum atomic E-state index is -0.875. The molecular weight excluding hydrogens is 238 g/mol. The molecule has 2 rings (SSSR count). The van der Waals surface area contributed by atoms with Gasteiger partial charge in [0.15, 0.2) is 0 Å². The third-order valence-corrected chi connectivity index (χ3v) is 4.79. The fourth-order valence-corrected chi connectivity index (χ4v) is 3.28. The van der Waals surface area contributed by atoms with Crippen LogP contribution in [0, 0.1) is 10.8 Å². The first-order valence-corrected chi connectivity index (χ1v) is 6.89. The highest BCUT2D eigenvalue weighted by Crippen LogP contribution is 2.68. The van der Waals surface area contributed by atoms with Crippen LogP contribution in [0.2, 0.25) is 0 Å². The van der Waals surface area contributed by atoms with Gasteiger partial charge >= 0.3 is 0 Å². The molecule has 0 amide bonds.